The van der Waals surface area contributed by atoms with E-state index in [1.807, 2.05) is 0 Å². The molecule has 0 saturated heterocycles. The molecule has 0 aliphatic carbocycles. The Kier molecular flexibility index (Phi) is 8.53. The van der Waals surface area contributed by atoms with Crippen LogP contribution in [0.3, 0.4) is 0 Å². The van der Waals surface area contributed by atoms with Gasteiger partial charge in [0.25, 0.3) is 5.91 Å². The molecule has 0 atom stereocenters. The van der Waals surface area contributed by atoms with E-state index in [1.54, 1.807) is 30.3 Å². The minimum Gasteiger partial charge on any atom is -0.451 e. The van der Waals surface area contributed by atoms with Gasteiger partial charge < -0.3 is 15.4 Å². The number of halogens is 1. The molecule has 0 saturated carbocycles. The lowest BCUT2D eigenvalue weighted by Crippen LogP contribution is -2.29. The van der Waals surface area contributed by atoms with Crippen molar-refractivity contribution in [3.05, 3.63) is 64.8 Å². The van der Waals surface area contributed by atoms with Gasteiger partial charge in [-0.2, -0.15) is 0 Å². The van der Waals surface area contributed by atoms with Gasteiger partial charge in [0.05, 0.1) is 15.6 Å². The van der Waals surface area contributed by atoms with Crippen LogP contribution in [0.4, 0.5) is 5.69 Å². The average Bonchev–Trinajstić information content (AvgIpc) is 2.73. The first-order valence-electron chi connectivity index (χ1n) is 9.24. The molecule has 0 aromatic heterocycles. The van der Waals surface area contributed by atoms with Gasteiger partial charge in [0, 0.05) is 21.0 Å². The second-order valence-electron chi connectivity index (χ2n) is 6.70. The quantitative estimate of drug-likeness (QED) is 0.442. The van der Waals surface area contributed by atoms with Gasteiger partial charge in [-0.05, 0) is 29.8 Å². The molecule has 0 aliphatic rings. The number of amides is 2. The van der Waals surface area contributed by atoms with Gasteiger partial charge in [-0.3, -0.25) is 9.59 Å². The van der Waals surface area contributed by atoms with Crippen LogP contribution in [0.1, 0.15) is 12.5 Å². The Morgan fingerprint density at radius 1 is 1.09 bits per heavy atom. The van der Waals surface area contributed by atoms with Crippen molar-refractivity contribution in [2.45, 2.75) is 11.8 Å². The molecule has 0 heterocycles. The molecule has 0 bridgehead atoms. The fraction of sp³-hybridized carbons (Fsp3) is 0.190. The summed E-state index contributed by atoms with van der Waals surface area (Å²) < 4.78 is 30.5. The van der Waals surface area contributed by atoms with Crippen molar-refractivity contribution < 1.29 is 27.5 Å². The minimum absolute atomic E-state index is 0.0394. The highest BCUT2D eigenvalue weighted by molar-refractivity contribution is 7.89. The van der Waals surface area contributed by atoms with E-state index in [0.717, 1.165) is 4.31 Å². The zero-order chi connectivity index (χ0) is 23.9. The van der Waals surface area contributed by atoms with Crippen LogP contribution in [0, 0.1) is 0 Å². The van der Waals surface area contributed by atoms with Crippen LogP contribution < -0.4 is 10.6 Å². The van der Waals surface area contributed by atoms with Crippen LogP contribution >= 0.6 is 11.6 Å². The van der Waals surface area contributed by atoms with E-state index in [0.29, 0.717) is 5.56 Å². The third kappa shape index (κ3) is 6.91. The zero-order valence-corrected chi connectivity index (χ0v) is 19.2. The number of sulfonamides is 1. The van der Waals surface area contributed by atoms with Crippen molar-refractivity contribution in [3.8, 4) is 0 Å². The molecule has 2 rings (SSSR count). The molecule has 2 amide bonds. The summed E-state index contributed by atoms with van der Waals surface area (Å²) in [5, 5.41) is 4.88. The summed E-state index contributed by atoms with van der Waals surface area (Å²) in [6, 6.07) is 12.6. The highest BCUT2D eigenvalue weighted by Crippen LogP contribution is 2.26. The molecule has 32 heavy (non-hydrogen) atoms. The lowest BCUT2D eigenvalue weighted by molar-refractivity contribution is -0.144. The summed E-state index contributed by atoms with van der Waals surface area (Å²) in [6.07, 6.45) is 1.41. The van der Waals surface area contributed by atoms with E-state index in [1.165, 1.54) is 45.3 Å². The Labute approximate surface area is 191 Å². The monoisotopic (exact) mass is 479 g/mol. The second-order valence-corrected chi connectivity index (χ2v) is 9.26. The maximum Gasteiger partial charge on any atom is 0.355 e. The molecule has 2 aromatic rings. The Bertz CT molecular complexity index is 1150. The average molecular weight is 480 g/mol. The highest BCUT2D eigenvalue weighted by atomic mass is 35.5. The summed E-state index contributed by atoms with van der Waals surface area (Å²) in [7, 11) is -0.995. The molecule has 0 spiro atoms. The molecule has 2 aromatic carbocycles. The fourth-order valence-electron chi connectivity index (χ4n) is 2.42. The molecule has 0 radical (unpaired) electrons. The molecule has 170 valence electrons. The second kappa shape index (κ2) is 10.9. The summed E-state index contributed by atoms with van der Waals surface area (Å²) >= 11 is 6.04. The van der Waals surface area contributed by atoms with Crippen molar-refractivity contribution >= 4 is 51.2 Å². The van der Waals surface area contributed by atoms with E-state index in [4.69, 9.17) is 16.3 Å². The number of hydrogen-bond acceptors (Lipinski definition) is 6. The number of carbonyl (C=O) groups is 3. The normalized spacial score (nSPS) is 11.7. The maximum absolute atomic E-state index is 12.4. The number of nitrogens with zero attached hydrogens (tertiary/aromatic N) is 1. The minimum atomic E-state index is -3.74. The predicted molar refractivity (Wildman–Crippen MR) is 120 cm³/mol. The molecule has 2 N–H and O–H groups in total. The number of esters is 1. The molecule has 0 aliphatic heterocycles. The molecule has 9 nitrogen and oxygen atoms in total. The van der Waals surface area contributed by atoms with Crippen LogP contribution in [-0.2, 0) is 29.1 Å². The number of anilines is 1. The Hall–Kier alpha value is -3.21. The fourth-order valence-corrected chi connectivity index (χ4v) is 3.51. The standard InChI is InChI=1S/C21H22ClN3O6S/c1-14(26)23-19(11-15-7-5-4-6-8-15)21(28)31-13-20(27)24-18-12-16(9-10-17(18)22)32(29,30)25(2)3/h4-12H,13H2,1-3H3,(H,23,26)(H,24,27)/b19-11-. The predicted octanol–water partition coefficient (Wildman–Crippen LogP) is 2.25. The van der Waals surface area contributed by atoms with E-state index in [9.17, 15) is 22.8 Å². The first-order chi connectivity index (χ1) is 15.0. The molecule has 0 fully saturated rings. The summed E-state index contributed by atoms with van der Waals surface area (Å²) in [4.78, 5) is 36.0. The number of carbonyl (C=O) groups excluding carboxylic acids is 3. The zero-order valence-electron chi connectivity index (χ0n) is 17.6. The van der Waals surface area contributed by atoms with Crippen LogP contribution in [-0.4, -0.2) is 51.2 Å². The maximum atomic E-state index is 12.4. The van der Waals surface area contributed by atoms with Gasteiger partial charge in [0.2, 0.25) is 15.9 Å². The topological polar surface area (TPSA) is 122 Å². The number of nitrogens with one attached hydrogen (secondary N) is 2. The van der Waals surface area contributed by atoms with Gasteiger partial charge in [-0.25, -0.2) is 17.5 Å². The summed E-state index contributed by atoms with van der Waals surface area (Å²) in [6.45, 7) is 0.543. The van der Waals surface area contributed by atoms with Crippen LogP contribution in [0.2, 0.25) is 5.02 Å². The lowest BCUT2D eigenvalue weighted by Gasteiger charge is -2.14. The Morgan fingerprint density at radius 2 is 1.75 bits per heavy atom. The van der Waals surface area contributed by atoms with E-state index in [2.05, 4.69) is 10.6 Å². The third-order valence-electron chi connectivity index (χ3n) is 3.97. The number of benzene rings is 2. The Morgan fingerprint density at radius 3 is 2.34 bits per heavy atom. The van der Waals surface area contributed by atoms with Crippen molar-refractivity contribution in [3.63, 3.8) is 0 Å². The van der Waals surface area contributed by atoms with Gasteiger partial charge in [-0.15, -0.1) is 0 Å². The van der Waals surface area contributed by atoms with Gasteiger partial charge in [0.15, 0.2) is 6.61 Å². The highest BCUT2D eigenvalue weighted by Gasteiger charge is 2.20. The molecular weight excluding hydrogens is 458 g/mol. The molecular formula is C21H22ClN3O6S. The number of ether oxygens (including phenoxy) is 1. The van der Waals surface area contributed by atoms with Gasteiger partial charge in [-0.1, -0.05) is 41.9 Å². The Balaban J connectivity index is 2.10. The first-order valence-corrected chi connectivity index (χ1v) is 11.1. The van der Waals surface area contributed by atoms with Gasteiger partial charge >= 0.3 is 5.97 Å². The first kappa shape index (κ1) is 25.1. The van der Waals surface area contributed by atoms with Crippen molar-refractivity contribution in [2.24, 2.45) is 0 Å². The van der Waals surface area contributed by atoms with E-state index < -0.39 is 34.4 Å². The van der Waals surface area contributed by atoms with Crippen molar-refractivity contribution in [1.29, 1.82) is 0 Å². The SMILES string of the molecule is CC(=O)N/C(=C\c1ccccc1)C(=O)OCC(=O)Nc1cc(S(=O)(=O)N(C)C)ccc1Cl. The van der Waals surface area contributed by atoms with Crippen LogP contribution in [0.15, 0.2) is 59.1 Å². The largest absolute Gasteiger partial charge is 0.451 e. The van der Waals surface area contributed by atoms with E-state index >= 15 is 0 Å². The summed E-state index contributed by atoms with van der Waals surface area (Å²) in [5.74, 6) is -2.16. The number of hydrogen-bond donors (Lipinski definition) is 2. The van der Waals surface area contributed by atoms with Crippen molar-refractivity contribution in [2.75, 3.05) is 26.0 Å². The van der Waals surface area contributed by atoms with E-state index in [-0.39, 0.29) is 21.3 Å². The van der Waals surface area contributed by atoms with Crippen LogP contribution in [0.25, 0.3) is 6.08 Å². The van der Waals surface area contributed by atoms with Crippen LogP contribution in [0.5, 0.6) is 0 Å². The smallest absolute Gasteiger partial charge is 0.355 e. The lowest BCUT2D eigenvalue weighted by atomic mass is 10.2. The molecule has 11 heteroatoms. The van der Waals surface area contributed by atoms with Crippen molar-refractivity contribution in [1.82, 2.24) is 9.62 Å². The molecule has 0 unspecified atom stereocenters. The van der Waals surface area contributed by atoms with Gasteiger partial charge in [0.1, 0.15) is 5.70 Å². The summed E-state index contributed by atoms with van der Waals surface area (Å²) in [5.41, 5.74) is 0.537. The third-order valence-corrected chi connectivity index (χ3v) is 6.11. The number of rotatable bonds is 8.